The van der Waals surface area contributed by atoms with Gasteiger partial charge in [-0.25, -0.2) is 5.84 Å². The lowest BCUT2D eigenvalue weighted by molar-refractivity contribution is 0.0827. The zero-order valence-corrected chi connectivity index (χ0v) is 9.42. The molecule has 4 N–H and O–H groups in total. The number of hydrogen-bond acceptors (Lipinski definition) is 4. The van der Waals surface area contributed by atoms with E-state index in [1.54, 1.807) is 38.4 Å². The second kappa shape index (κ2) is 5.18. The fourth-order valence-electron chi connectivity index (χ4n) is 1.21. The van der Waals surface area contributed by atoms with E-state index in [2.05, 4.69) is 0 Å². The van der Waals surface area contributed by atoms with Crippen molar-refractivity contribution in [2.45, 2.75) is 0 Å². The molecule has 0 saturated carbocycles. The summed E-state index contributed by atoms with van der Waals surface area (Å²) in [6, 6.07) is 6.97. The molecule has 1 aromatic rings. The van der Waals surface area contributed by atoms with E-state index in [0.29, 0.717) is 5.56 Å². The summed E-state index contributed by atoms with van der Waals surface area (Å²) >= 11 is 0. The van der Waals surface area contributed by atoms with Gasteiger partial charge < -0.3 is 10.6 Å². The van der Waals surface area contributed by atoms with E-state index in [-0.39, 0.29) is 5.91 Å². The number of rotatable bonds is 3. The van der Waals surface area contributed by atoms with Gasteiger partial charge in [0.2, 0.25) is 0 Å². The second-order valence-corrected chi connectivity index (χ2v) is 3.50. The minimum Gasteiger partial charge on any atom is -0.403 e. The predicted octanol–water partition coefficient (Wildman–Crippen LogP) is 0.498. The molecular formula is C11H16N4O. The van der Waals surface area contributed by atoms with Crippen molar-refractivity contribution < 1.29 is 4.79 Å². The highest BCUT2D eigenvalue weighted by molar-refractivity contribution is 5.94. The van der Waals surface area contributed by atoms with Gasteiger partial charge in [-0.3, -0.25) is 9.80 Å². The molecule has 0 atom stereocenters. The predicted molar refractivity (Wildman–Crippen MR) is 64.5 cm³/mol. The number of hydrazine groups is 1. The van der Waals surface area contributed by atoms with Gasteiger partial charge in [-0.05, 0) is 24.3 Å². The number of nitrogens with two attached hydrogens (primary N) is 2. The molecule has 5 nitrogen and oxygen atoms in total. The number of carbonyl (C=O) groups is 1. The average molecular weight is 220 g/mol. The summed E-state index contributed by atoms with van der Waals surface area (Å²) in [5.74, 6) is 5.63. The Morgan fingerprint density at radius 2 is 1.81 bits per heavy atom. The molecule has 0 spiro atoms. The first-order valence-electron chi connectivity index (χ1n) is 4.80. The first kappa shape index (κ1) is 12.1. The average Bonchev–Trinajstić information content (AvgIpc) is 2.28. The van der Waals surface area contributed by atoms with Crippen LogP contribution in [0.15, 0.2) is 36.7 Å². The van der Waals surface area contributed by atoms with Crippen molar-refractivity contribution in [1.82, 2.24) is 4.90 Å². The number of anilines is 1. The molecule has 0 aliphatic heterocycles. The zero-order valence-electron chi connectivity index (χ0n) is 9.42. The number of benzene rings is 1. The molecule has 0 aromatic heterocycles. The molecule has 0 saturated heterocycles. The molecule has 0 unspecified atom stereocenters. The van der Waals surface area contributed by atoms with Crippen LogP contribution < -0.4 is 16.6 Å². The molecule has 0 heterocycles. The minimum atomic E-state index is -0.0375. The van der Waals surface area contributed by atoms with Gasteiger partial charge in [0.25, 0.3) is 5.91 Å². The summed E-state index contributed by atoms with van der Waals surface area (Å²) in [6.07, 6.45) is 2.88. The fraction of sp³-hybridized carbons (Fsp3) is 0.182. The van der Waals surface area contributed by atoms with Crippen molar-refractivity contribution in [1.29, 1.82) is 0 Å². The largest absolute Gasteiger partial charge is 0.403 e. The lowest BCUT2D eigenvalue weighted by Crippen LogP contribution is -2.25. The van der Waals surface area contributed by atoms with E-state index in [1.165, 1.54) is 22.3 Å². The Morgan fingerprint density at radius 1 is 1.25 bits per heavy atom. The minimum absolute atomic E-state index is 0.0375. The van der Waals surface area contributed by atoms with Crippen molar-refractivity contribution in [2.75, 3.05) is 19.1 Å². The van der Waals surface area contributed by atoms with Crippen LogP contribution in [0.1, 0.15) is 10.4 Å². The van der Waals surface area contributed by atoms with Gasteiger partial charge in [0, 0.05) is 32.1 Å². The van der Waals surface area contributed by atoms with E-state index in [1.807, 2.05) is 0 Å². The third-order valence-electron chi connectivity index (χ3n) is 2.07. The van der Waals surface area contributed by atoms with Crippen LogP contribution in [-0.4, -0.2) is 24.9 Å². The summed E-state index contributed by atoms with van der Waals surface area (Å²) < 4.78 is 0. The Morgan fingerprint density at radius 3 is 2.25 bits per heavy atom. The number of nitrogens with zero attached hydrogens (tertiary/aromatic N) is 2. The lowest BCUT2D eigenvalue weighted by Gasteiger charge is -2.14. The summed E-state index contributed by atoms with van der Waals surface area (Å²) in [4.78, 5) is 13.1. The van der Waals surface area contributed by atoms with Crippen molar-refractivity contribution in [3.05, 3.63) is 42.2 Å². The van der Waals surface area contributed by atoms with Crippen molar-refractivity contribution >= 4 is 11.6 Å². The van der Waals surface area contributed by atoms with Crippen LogP contribution in [0.4, 0.5) is 5.69 Å². The van der Waals surface area contributed by atoms with Gasteiger partial charge in [-0.15, -0.1) is 0 Å². The van der Waals surface area contributed by atoms with E-state index in [4.69, 9.17) is 11.6 Å². The quantitative estimate of drug-likeness (QED) is 0.574. The van der Waals surface area contributed by atoms with Crippen LogP contribution >= 0.6 is 0 Å². The summed E-state index contributed by atoms with van der Waals surface area (Å²) in [6.45, 7) is 0. The van der Waals surface area contributed by atoms with Crippen LogP contribution in [0.25, 0.3) is 0 Å². The number of carbonyl (C=O) groups excluding carboxylic acids is 1. The Bertz CT molecular complexity index is 383. The standard InChI is InChI=1S/C11H16N4O/c1-14(2)11(16)9-3-5-10(6-4-9)15(13)8-7-12/h3-8H,12-13H2,1-2H3/b8-7-. The first-order chi connectivity index (χ1) is 7.56. The van der Waals surface area contributed by atoms with Crippen LogP contribution in [0.3, 0.4) is 0 Å². The zero-order chi connectivity index (χ0) is 12.1. The fourth-order valence-corrected chi connectivity index (χ4v) is 1.21. The lowest BCUT2D eigenvalue weighted by atomic mass is 10.2. The van der Waals surface area contributed by atoms with Crippen molar-refractivity contribution in [2.24, 2.45) is 11.6 Å². The van der Waals surface area contributed by atoms with E-state index in [9.17, 15) is 4.79 Å². The Balaban J connectivity index is 2.87. The smallest absolute Gasteiger partial charge is 0.253 e. The molecule has 86 valence electrons. The highest BCUT2D eigenvalue weighted by atomic mass is 16.2. The monoisotopic (exact) mass is 220 g/mol. The molecule has 0 radical (unpaired) electrons. The highest BCUT2D eigenvalue weighted by Crippen LogP contribution is 2.13. The molecule has 1 aromatic carbocycles. The Hall–Kier alpha value is -2.01. The van der Waals surface area contributed by atoms with E-state index >= 15 is 0 Å². The molecule has 1 rings (SSSR count). The first-order valence-corrected chi connectivity index (χ1v) is 4.80. The molecule has 0 bridgehead atoms. The summed E-state index contributed by atoms with van der Waals surface area (Å²) in [5, 5.41) is 1.38. The van der Waals surface area contributed by atoms with Crippen LogP contribution in [0.2, 0.25) is 0 Å². The maximum Gasteiger partial charge on any atom is 0.253 e. The highest BCUT2D eigenvalue weighted by Gasteiger charge is 2.07. The third-order valence-corrected chi connectivity index (χ3v) is 2.07. The van der Waals surface area contributed by atoms with Gasteiger partial charge in [-0.1, -0.05) is 0 Å². The molecule has 0 aliphatic carbocycles. The second-order valence-electron chi connectivity index (χ2n) is 3.50. The Kier molecular flexibility index (Phi) is 3.90. The number of hydrogen-bond donors (Lipinski definition) is 2. The van der Waals surface area contributed by atoms with Gasteiger partial charge in [0.15, 0.2) is 0 Å². The van der Waals surface area contributed by atoms with Crippen LogP contribution in [0.5, 0.6) is 0 Å². The third kappa shape index (κ3) is 2.74. The van der Waals surface area contributed by atoms with Crippen LogP contribution in [0, 0.1) is 0 Å². The van der Waals surface area contributed by atoms with Gasteiger partial charge in [-0.2, -0.15) is 0 Å². The molecule has 5 heteroatoms. The maximum atomic E-state index is 11.6. The normalized spacial score (nSPS) is 10.4. The SMILES string of the molecule is CN(C)C(=O)c1ccc(N(N)/C=C\N)cc1. The molecule has 16 heavy (non-hydrogen) atoms. The van der Waals surface area contributed by atoms with Gasteiger partial charge in [0.05, 0.1) is 5.69 Å². The maximum absolute atomic E-state index is 11.6. The molecule has 0 aliphatic rings. The van der Waals surface area contributed by atoms with Crippen molar-refractivity contribution in [3.63, 3.8) is 0 Å². The molecule has 1 amide bonds. The molecule has 0 fully saturated rings. The van der Waals surface area contributed by atoms with Crippen LogP contribution in [-0.2, 0) is 0 Å². The topological polar surface area (TPSA) is 75.6 Å². The van der Waals surface area contributed by atoms with Crippen molar-refractivity contribution in [3.8, 4) is 0 Å². The summed E-state index contributed by atoms with van der Waals surface area (Å²) in [7, 11) is 3.42. The molecular weight excluding hydrogens is 204 g/mol. The Labute approximate surface area is 94.9 Å². The number of amides is 1. The van der Waals surface area contributed by atoms with E-state index in [0.717, 1.165) is 5.69 Å². The van der Waals surface area contributed by atoms with E-state index < -0.39 is 0 Å². The van der Waals surface area contributed by atoms with Gasteiger partial charge >= 0.3 is 0 Å². The van der Waals surface area contributed by atoms with Gasteiger partial charge in [0.1, 0.15) is 0 Å². The summed E-state index contributed by atoms with van der Waals surface area (Å²) in [5.41, 5.74) is 6.61.